The Morgan fingerprint density at radius 2 is 1.95 bits per heavy atom. The second-order valence-corrected chi connectivity index (χ2v) is 5.62. The molecule has 2 aromatic rings. The summed E-state index contributed by atoms with van der Waals surface area (Å²) in [5.41, 5.74) is 4.77. The number of rotatable bonds is 3. The number of hydrogen-bond acceptors (Lipinski definition) is 0. The van der Waals surface area contributed by atoms with Crippen molar-refractivity contribution in [1.82, 2.24) is 0 Å². The minimum atomic E-state index is -2.08. The van der Waals surface area contributed by atoms with E-state index in [9.17, 15) is 0 Å². The van der Waals surface area contributed by atoms with Gasteiger partial charge in [0.15, 0.2) is 6.20 Å². The molecule has 0 saturated heterocycles. The maximum Gasteiger partial charge on any atom is 0.212 e. The van der Waals surface area contributed by atoms with Crippen molar-refractivity contribution in [3.8, 4) is 11.3 Å². The molecule has 2 rings (SSSR count). The van der Waals surface area contributed by atoms with Gasteiger partial charge in [0, 0.05) is 21.3 Å². The molecular weight excluding hydrogens is 230 g/mol. The van der Waals surface area contributed by atoms with Gasteiger partial charge in [-0.25, -0.2) is 4.57 Å². The molecule has 0 aliphatic rings. The fraction of sp³-hybridized carbons (Fsp3) is 0.389. The van der Waals surface area contributed by atoms with Gasteiger partial charge in [-0.3, -0.25) is 0 Å². The van der Waals surface area contributed by atoms with Gasteiger partial charge < -0.3 is 0 Å². The van der Waals surface area contributed by atoms with Crippen molar-refractivity contribution in [2.24, 2.45) is 13.0 Å². The monoisotopic (exact) mass is 257 g/mol. The molecule has 19 heavy (non-hydrogen) atoms. The topological polar surface area (TPSA) is 3.88 Å². The predicted octanol–water partition coefficient (Wildman–Crippen LogP) is 3.99. The Bertz CT molecular complexity index is 673. The van der Waals surface area contributed by atoms with Crippen LogP contribution in [-0.4, -0.2) is 0 Å². The Labute approximate surface area is 121 Å². The molecule has 0 fully saturated rings. The highest BCUT2D eigenvalue weighted by Crippen LogP contribution is 2.23. The summed E-state index contributed by atoms with van der Waals surface area (Å²) in [7, 11) is 1.91. The lowest BCUT2D eigenvalue weighted by atomic mass is 9.96. The standard InChI is InChI=1S/C18H24N/c1-13(2)10-16-11-18(19(5)12-15(16)4)17-9-7-6-8-14(17)3/h6-9,11-13H,10H2,1-5H3/q+1/i4D3. The SMILES string of the molecule is [2H]C([2H])([2H])c1c[n+](C)c(-c2ccccc2C)cc1CC(C)C. The first kappa shape index (κ1) is 10.2. The smallest absolute Gasteiger partial charge is 0.201 e. The Balaban J connectivity index is 2.65. The van der Waals surface area contributed by atoms with Crippen molar-refractivity contribution in [3.05, 3.63) is 53.2 Å². The van der Waals surface area contributed by atoms with Crippen LogP contribution < -0.4 is 4.57 Å². The van der Waals surface area contributed by atoms with E-state index >= 15 is 0 Å². The third-order valence-corrected chi connectivity index (χ3v) is 3.41. The summed E-state index contributed by atoms with van der Waals surface area (Å²) < 4.78 is 25.3. The van der Waals surface area contributed by atoms with Crippen LogP contribution in [0.1, 0.15) is 34.7 Å². The Morgan fingerprint density at radius 3 is 2.58 bits per heavy atom. The highest BCUT2D eigenvalue weighted by atomic mass is 14.9. The summed E-state index contributed by atoms with van der Waals surface area (Å²) in [5.74, 6) is 0.415. The molecule has 100 valence electrons. The summed E-state index contributed by atoms with van der Waals surface area (Å²) in [5, 5.41) is 0. The van der Waals surface area contributed by atoms with Gasteiger partial charge in [0.1, 0.15) is 7.05 Å². The minimum Gasteiger partial charge on any atom is -0.201 e. The van der Waals surface area contributed by atoms with Crippen molar-refractivity contribution in [1.29, 1.82) is 0 Å². The lowest BCUT2D eigenvalue weighted by molar-refractivity contribution is -0.660. The van der Waals surface area contributed by atoms with E-state index in [4.69, 9.17) is 4.11 Å². The molecule has 0 aliphatic heterocycles. The normalized spacial score (nSPS) is 14.1. The number of hydrogen-bond donors (Lipinski definition) is 0. The Morgan fingerprint density at radius 1 is 1.21 bits per heavy atom. The molecule has 0 radical (unpaired) electrons. The van der Waals surface area contributed by atoms with E-state index in [0.29, 0.717) is 11.5 Å². The first-order chi connectivity index (χ1) is 10.2. The van der Waals surface area contributed by atoms with Crippen molar-refractivity contribution in [3.63, 3.8) is 0 Å². The van der Waals surface area contributed by atoms with Crippen molar-refractivity contribution in [2.75, 3.05) is 0 Å². The molecule has 0 spiro atoms. The van der Waals surface area contributed by atoms with Crippen LogP contribution in [0.5, 0.6) is 0 Å². The minimum absolute atomic E-state index is 0.415. The Kier molecular flexibility index (Phi) is 2.98. The van der Waals surface area contributed by atoms with Gasteiger partial charge in [-0.15, -0.1) is 0 Å². The maximum absolute atomic E-state index is 7.79. The molecule has 0 saturated carbocycles. The highest BCUT2D eigenvalue weighted by molar-refractivity contribution is 5.61. The average Bonchev–Trinajstić information content (AvgIpc) is 2.39. The van der Waals surface area contributed by atoms with Crippen molar-refractivity contribution >= 4 is 0 Å². The molecule has 0 aliphatic carbocycles. The van der Waals surface area contributed by atoms with E-state index in [1.807, 2.05) is 29.8 Å². The molecule has 0 amide bonds. The number of nitrogens with zero attached hydrogens (tertiary/aromatic N) is 1. The van der Waals surface area contributed by atoms with Crippen LogP contribution in [0.25, 0.3) is 11.3 Å². The summed E-state index contributed by atoms with van der Waals surface area (Å²) in [4.78, 5) is 0. The van der Waals surface area contributed by atoms with Gasteiger partial charge in [0.05, 0.1) is 0 Å². The molecule has 1 heterocycles. The Hall–Kier alpha value is -1.63. The number of pyridine rings is 1. The zero-order chi connectivity index (χ0) is 16.5. The molecule has 1 aromatic heterocycles. The highest BCUT2D eigenvalue weighted by Gasteiger charge is 2.15. The van der Waals surface area contributed by atoms with E-state index in [0.717, 1.165) is 23.2 Å². The first-order valence-corrected chi connectivity index (χ1v) is 6.79. The summed E-state index contributed by atoms with van der Waals surface area (Å²) in [6.07, 6.45) is 2.54. The van der Waals surface area contributed by atoms with Crippen LogP contribution in [0.15, 0.2) is 36.5 Å². The maximum atomic E-state index is 7.79. The van der Waals surface area contributed by atoms with E-state index in [1.165, 1.54) is 5.56 Å². The molecular formula is C18H24N+. The number of aryl methyl sites for hydroxylation is 3. The van der Waals surface area contributed by atoms with Crippen LogP contribution in [0.4, 0.5) is 0 Å². The number of benzene rings is 1. The zero-order valence-electron chi connectivity index (χ0n) is 15.2. The lowest BCUT2D eigenvalue weighted by Crippen LogP contribution is -2.32. The van der Waals surface area contributed by atoms with E-state index < -0.39 is 6.85 Å². The fourth-order valence-electron chi connectivity index (χ4n) is 2.43. The van der Waals surface area contributed by atoms with E-state index in [-0.39, 0.29) is 0 Å². The van der Waals surface area contributed by atoms with Crippen LogP contribution >= 0.6 is 0 Å². The van der Waals surface area contributed by atoms with Crippen LogP contribution in [0.3, 0.4) is 0 Å². The summed E-state index contributed by atoms with van der Waals surface area (Å²) >= 11 is 0. The average molecular weight is 257 g/mol. The van der Waals surface area contributed by atoms with Crippen LogP contribution in [-0.2, 0) is 13.5 Å². The fourth-order valence-corrected chi connectivity index (χ4v) is 2.43. The molecule has 0 unspecified atom stereocenters. The molecule has 0 atom stereocenters. The molecule has 1 heteroatoms. The molecule has 0 N–H and O–H groups in total. The predicted molar refractivity (Wildman–Crippen MR) is 81.1 cm³/mol. The third-order valence-electron chi connectivity index (χ3n) is 3.41. The quantitative estimate of drug-likeness (QED) is 0.732. The van der Waals surface area contributed by atoms with Gasteiger partial charge in [-0.05, 0) is 43.3 Å². The molecule has 1 nitrogen and oxygen atoms in total. The largest absolute Gasteiger partial charge is 0.212 e. The van der Waals surface area contributed by atoms with Gasteiger partial charge in [0.25, 0.3) is 0 Å². The third kappa shape index (κ3) is 3.04. The van der Waals surface area contributed by atoms with E-state index in [1.54, 1.807) is 6.20 Å². The van der Waals surface area contributed by atoms with Gasteiger partial charge in [0.2, 0.25) is 5.69 Å². The summed E-state index contributed by atoms with van der Waals surface area (Å²) in [6.45, 7) is 4.23. The number of aromatic nitrogens is 1. The zero-order valence-corrected chi connectivity index (χ0v) is 12.2. The first-order valence-electron chi connectivity index (χ1n) is 8.29. The molecule has 1 aromatic carbocycles. The van der Waals surface area contributed by atoms with Crippen LogP contribution in [0.2, 0.25) is 0 Å². The second kappa shape index (κ2) is 5.56. The van der Waals surface area contributed by atoms with Gasteiger partial charge in [-0.2, -0.15) is 0 Å². The molecule has 0 bridgehead atoms. The van der Waals surface area contributed by atoms with Crippen LogP contribution in [0, 0.1) is 19.7 Å². The van der Waals surface area contributed by atoms with E-state index in [2.05, 4.69) is 32.9 Å². The van der Waals surface area contributed by atoms with Gasteiger partial charge >= 0.3 is 0 Å². The summed E-state index contributed by atoms with van der Waals surface area (Å²) in [6, 6.07) is 10.2. The lowest BCUT2D eigenvalue weighted by Gasteiger charge is -2.11. The van der Waals surface area contributed by atoms with Crippen molar-refractivity contribution in [2.45, 2.75) is 34.0 Å². The van der Waals surface area contributed by atoms with Crippen molar-refractivity contribution < 1.29 is 8.68 Å². The second-order valence-electron chi connectivity index (χ2n) is 5.62. The van der Waals surface area contributed by atoms with Gasteiger partial charge in [-0.1, -0.05) is 32.0 Å².